The zero-order chi connectivity index (χ0) is 15.3. The Morgan fingerprint density at radius 1 is 1.19 bits per heavy atom. The first-order valence-electron chi connectivity index (χ1n) is 9.22. The Kier molecular flexibility index (Phi) is 6.51. The third-order valence-corrected chi connectivity index (χ3v) is 5.63. The van der Waals surface area contributed by atoms with E-state index in [4.69, 9.17) is 0 Å². The van der Waals surface area contributed by atoms with Crippen LogP contribution >= 0.6 is 0 Å². The summed E-state index contributed by atoms with van der Waals surface area (Å²) in [6, 6.07) is 0.706. The lowest BCUT2D eigenvalue weighted by Crippen LogP contribution is -2.54. The molecular weight excluding hydrogens is 258 g/mol. The first-order valence-corrected chi connectivity index (χ1v) is 9.22. The van der Waals surface area contributed by atoms with Crippen LogP contribution in [0.3, 0.4) is 0 Å². The molecule has 2 atom stereocenters. The van der Waals surface area contributed by atoms with E-state index in [1.54, 1.807) is 0 Å². The summed E-state index contributed by atoms with van der Waals surface area (Å²) in [6.45, 7) is 18.0. The number of rotatable bonds is 6. The van der Waals surface area contributed by atoms with Crippen LogP contribution < -0.4 is 5.32 Å². The van der Waals surface area contributed by atoms with Gasteiger partial charge in [-0.1, -0.05) is 26.7 Å². The van der Waals surface area contributed by atoms with Crippen molar-refractivity contribution in [2.24, 2.45) is 11.3 Å². The van der Waals surface area contributed by atoms with Crippen molar-refractivity contribution in [3.63, 3.8) is 0 Å². The number of hydrogen-bond acceptors (Lipinski definition) is 3. The summed E-state index contributed by atoms with van der Waals surface area (Å²) in [4.78, 5) is 5.37. The molecule has 1 heterocycles. The van der Waals surface area contributed by atoms with Crippen LogP contribution in [0.4, 0.5) is 0 Å². The van der Waals surface area contributed by atoms with Crippen LogP contribution in [0.25, 0.3) is 0 Å². The summed E-state index contributed by atoms with van der Waals surface area (Å²) in [5.74, 6) is 0.911. The molecule has 1 aliphatic heterocycles. The fourth-order valence-corrected chi connectivity index (χ4v) is 4.43. The molecule has 1 aliphatic carbocycles. The van der Waals surface area contributed by atoms with Gasteiger partial charge in [0.05, 0.1) is 0 Å². The second kappa shape index (κ2) is 7.94. The molecule has 1 saturated carbocycles. The minimum absolute atomic E-state index is 0.535. The van der Waals surface area contributed by atoms with E-state index in [0.717, 1.165) is 12.5 Å². The minimum Gasteiger partial charge on any atom is -0.316 e. The van der Waals surface area contributed by atoms with Gasteiger partial charge in [0.25, 0.3) is 0 Å². The summed E-state index contributed by atoms with van der Waals surface area (Å²) >= 11 is 0. The second-order valence-electron chi connectivity index (χ2n) is 7.89. The van der Waals surface area contributed by atoms with Crippen LogP contribution in [0.15, 0.2) is 0 Å². The highest BCUT2D eigenvalue weighted by Gasteiger charge is 2.36. The molecule has 0 aromatic heterocycles. The molecule has 2 fully saturated rings. The zero-order valence-electron chi connectivity index (χ0n) is 14.8. The third kappa shape index (κ3) is 4.94. The number of hydrogen-bond donors (Lipinski definition) is 1. The van der Waals surface area contributed by atoms with Gasteiger partial charge in [0.15, 0.2) is 0 Å². The van der Waals surface area contributed by atoms with Gasteiger partial charge in [-0.25, -0.2) is 0 Å². The molecule has 3 nitrogen and oxygen atoms in total. The molecule has 0 bridgehead atoms. The van der Waals surface area contributed by atoms with Crippen molar-refractivity contribution in [1.82, 2.24) is 15.1 Å². The molecule has 2 unspecified atom stereocenters. The Balaban J connectivity index is 1.90. The maximum atomic E-state index is 3.66. The van der Waals surface area contributed by atoms with Gasteiger partial charge in [-0.05, 0) is 44.6 Å². The van der Waals surface area contributed by atoms with Crippen LogP contribution in [-0.2, 0) is 0 Å². The smallest absolute Gasteiger partial charge is 0.0113 e. The van der Waals surface area contributed by atoms with E-state index in [2.05, 4.69) is 42.8 Å². The Bertz CT molecular complexity index is 297. The fourth-order valence-electron chi connectivity index (χ4n) is 4.43. The lowest BCUT2D eigenvalue weighted by molar-refractivity contribution is 0.0418. The summed E-state index contributed by atoms with van der Waals surface area (Å²) in [5, 5.41) is 3.66. The molecule has 0 amide bonds. The van der Waals surface area contributed by atoms with Gasteiger partial charge in [-0.15, -0.1) is 0 Å². The Hall–Kier alpha value is -0.120. The lowest BCUT2D eigenvalue weighted by atomic mass is 9.69. The molecule has 2 aliphatic rings. The van der Waals surface area contributed by atoms with Gasteiger partial charge >= 0.3 is 0 Å². The van der Waals surface area contributed by atoms with Crippen molar-refractivity contribution < 1.29 is 0 Å². The molecule has 3 heteroatoms. The summed E-state index contributed by atoms with van der Waals surface area (Å²) < 4.78 is 0. The largest absolute Gasteiger partial charge is 0.316 e. The Morgan fingerprint density at radius 2 is 1.90 bits per heavy atom. The Morgan fingerprint density at radius 3 is 2.48 bits per heavy atom. The predicted octanol–water partition coefficient (Wildman–Crippen LogP) is 2.82. The standard InChI is InChI=1S/C18H37N3/c1-5-19-14-18(8-6-7-17(4)13-18)15-20-9-11-21(12-10-20)16(2)3/h16-17,19H,5-15H2,1-4H3. The maximum absolute atomic E-state index is 3.66. The lowest BCUT2D eigenvalue weighted by Gasteiger charge is -2.46. The normalized spacial score (nSPS) is 32.7. The topological polar surface area (TPSA) is 18.5 Å². The quantitative estimate of drug-likeness (QED) is 0.813. The van der Waals surface area contributed by atoms with Crippen LogP contribution in [0.2, 0.25) is 0 Å². The van der Waals surface area contributed by atoms with Crippen LogP contribution in [-0.4, -0.2) is 61.7 Å². The number of piperazine rings is 1. The van der Waals surface area contributed by atoms with Crippen molar-refractivity contribution in [2.75, 3.05) is 45.8 Å². The third-order valence-electron chi connectivity index (χ3n) is 5.63. The SMILES string of the molecule is CCNCC1(CN2CCN(C(C)C)CC2)CCCC(C)C1. The van der Waals surface area contributed by atoms with E-state index < -0.39 is 0 Å². The maximum Gasteiger partial charge on any atom is 0.0113 e. The molecule has 1 saturated heterocycles. The zero-order valence-corrected chi connectivity index (χ0v) is 14.8. The highest BCUT2D eigenvalue weighted by molar-refractivity contribution is 4.91. The molecule has 0 aromatic carbocycles. The van der Waals surface area contributed by atoms with Crippen LogP contribution in [0.5, 0.6) is 0 Å². The molecule has 21 heavy (non-hydrogen) atoms. The van der Waals surface area contributed by atoms with Gasteiger partial charge in [0.1, 0.15) is 0 Å². The Labute approximate surface area is 132 Å². The van der Waals surface area contributed by atoms with E-state index in [1.807, 2.05) is 0 Å². The second-order valence-corrected chi connectivity index (χ2v) is 7.89. The van der Waals surface area contributed by atoms with Gasteiger partial charge in [-0.2, -0.15) is 0 Å². The monoisotopic (exact) mass is 295 g/mol. The van der Waals surface area contributed by atoms with E-state index in [-0.39, 0.29) is 0 Å². The van der Waals surface area contributed by atoms with E-state index in [9.17, 15) is 0 Å². The van der Waals surface area contributed by atoms with Crippen molar-refractivity contribution in [1.29, 1.82) is 0 Å². The van der Waals surface area contributed by atoms with Crippen molar-refractivity contribution >= 4 is 0 Å². The molecule has 0 radical (unpaired) electrons. The highest BCUT2D eigenvalue weighted by atomic mass is 15.3. The van der Waals surface area contributed by atoms with Crippen molar-refractivity contribution in [3.05, 3.63) is 0 Å². The molecule has 0 spiro atoms. The summed E-state index contributed by atoms with van der Waals surface area (Å²) in [7, 11) is 0. The van der Waals surface area contributed by atoms with Crippen LogP contribution in [0, 0.1) is 11.3 Å². The molecule has 124 valence electrons. The van der Waals surface area contributed by atoms with Gasteiger partial charge < -0.3 is 10.2 Å². The van der Waals surface area contributed by atoms with E-state index in [0.29, 0.717) is 11.5 Å². The first-order chi connectivity index (χ1) is 10.0. The molecular formula is C18H37N3. The van der Waals surface area contributed by atoms with Crippen LogP contribution in [0.1, 0.15) is 53.4 Å². The highest BCUT2D eigenvalue weighted by Crippen LogP contribution is 2.39. The summed E-state index contributed by atoms with van der Waals surface area (Å²) in [5.41, 5.74) is 0.535. The van der Waals surface area contributed by atoms with E-state index >= 15 is 0 Å². The van der Waals surface area contributed by atoms with E-state index in [1.165, 1.54) is 65.0 Å². The molecule has 2 rings (SSSR count). The summed E-state index contributed by atoms with van der Waals surface area (Å²) in [6.07, 6.45) is 5.71. The minimum atomic E-state index is 0.535. The predicted molar refractivity (Wildman–Crippen MR) is 91.8 cm³/mol. The molecule has 0 aromatic rings. The number of nitrogens with zero attached hydrogens (tertiary/aromatic N) is 2. The van der Waals surface area contributed by atoms with Gasteiger partial charge in [0.2, 0.25) is 0 Å². The average Bonchev–Trinajstić information content (AvgIpc) is 2.46. The van der Waals surface area contributed by atoms with Crippen molar-refractivity contribution in [3.8, 4) is 0 Å². The van der Waals surface area contributed by atoms with Gasteiger partial charge in [0, 0.05) is 45.3 Å². The average molecular weight is 296 g/mol. The van der Waals surface area contributed by atoms with Gasteiger partial charge in [-0.3, -0.25) is 4.90 Å². The molecule has 1 N–H and O–H groups in total. The fraction of sp³-hybridized carbons (Fsp3) is 1.00. The number of nitrogens with one attached hydrogen (secondary N) is 1. The first kappa shape index (κ1) is 17.2. The van der Waals surface area contributed by atoms with Crippen molar-refractivity contribution in [2.45, 2.75) is 59.4 Å².